The number of hydrogen-bond acceptors (Lipinski definition) is 6. The number of amides is 3. The fourth-order valence-electron chi connectivity index (χ4n) is 2.64. The van der Waals surface area contributed by atoms with Crippen LogP contribution in [0.2, 0.25) is 5.02 Å². The highest BCUT2D eigenvalue weighted by Crippen LogP contribution is 2.17. The summed E-state index contributed by atoms with van der Waals surface area (Å²) in [6.07, 6.45) is 3.26. The zero-order valence-electron chi connectivity index (χ0n) is 16.3. The number of carbonyl (C=O) groups is 2. The number of primary amides is 1. The summed E-state index contributed by atoms with van der Waals surface area (Å²) >= 11 is 10.9. The van der Waals surface area contributed by atoms with Gasteiger partial charge in [0.15, 0.2) is 10.5 Å². The van der Waals surface area contributed by atoms with E-state index in [0.717, 1.165) is 5.01 Å². The molecule has 0 fully saturated rings. The van der Waals surface area contributed by atoms with Crippen molar-refractivity contribution in [2.75, 3.05) is 5.01 Å². The number of aromatic amines is 1. The average molecular weight is 473 g/mol. The summed E-state index contributed by atoms with van der Waals surface area (Å²) in [4.78, 5) is 31.3. The van der Waals surface area contributed by atoms with Crippen LogP contribution >= 0.6 is 23.8 Å². The molecule has 0 saturated carbocycles. The van der Waals surface area contributed by atoms with Gasteiger partial charge in [0.2, 0.25) is 0 Å². The van der Waals surface area contributed by atoms with Crippen molar-refractivity contribution in [3.05, 3.63) is 86.5 Å². The Morgan fingerprint density at radius 1 is 1.22 bits per heavy atom. The Labute approximate surface area is 192 Å². The van der Waals surface area contributed by atoms with Crippen LogP contribution < -0.4 is 21.4 Å². The summed E-state index contributed by atoms with van der Waals surface area (Å²) in [7, 11) is 0. The molecule has 0 saturated heterocycles. The van der Waals surface area contributed by atoms with E-state index in [4.69, 9.17) is 34.8 Å². The van der Waals surface area contributed by atoms with E-state index in [0.29, 0.717) is 22.0 Å². The van der Waals surface area contributed by atoms with E-state index in [1.54, 1.807) is 24.3 Å². The van der Waals surface area contributed by atoms with E-state index >= 15 is 0 Å². The summed E-state index contributed by atoms with van der Waals surface area (Å²) in [6.45, 7) is 0. The quantitative estimate of drug-likeness (QED) is 0.284. The molecule has 1 aromatic heterocycles. The number of carbonyl (C=O) groups excluding carboxylic acids is 2. The second-order valence-corrected chi connectivity index (χ2v) is 7.20. The molecule has 6 N–H and O–H groups in total. The molecule has 0 radical (unpaired) electrons. The van der Waals surface area contributed by atoms with E-state index in [1.807, 2.05) is 0 Å². The molecule has 10 nitrogen and oxygen atoms in total. The normalized spacial score (nSPS) is 11.8. The molecule has 0 spiro atoms. The molecule has 3 amide bonds. The van der Waals surface area contributed by atoms with Crippen molar-refractivity contribution in [1.82, 2.24) is 15.4 Å². The van der Waals surface area contributed by atoms with Gasteiger partial charge >= 0.3 is 6.03 Å². The lowest BCUT2D eigenvalue weighted by Gasteiger charge is -2.21. The van der Waals surface area contributed by atoms with Gasteiger partial charge in [-0.2, -0.15) is 5.23 Å². The molecule has 0 aliphatic carbocycles. The maximum absolute atomic E-state index is 12.7. The molecule has 12 heteroatoms. The highest BCUT2D eigenvalue weighted by atomic mass is 35.5. The lowest BCUT2D eigenvalue weighted by Crippen LogP contribution is -2.99. The number of hydrazine groups is 1. The van der Waals surface area contributed by atoms with Gasteiger partial charge in [-0.3, -0.25) is 10.2 Å². The number of benzene rings is 2. The molecule has 0 aliphatic rings. The number of aromatic nitrogens is 2. The number of H-pyrrole nitrogens is 1. The van der Waals surface area contributed by atoms with Gasteiger partial charge in [0.25, 0.3) is 5.91 Å². The molecule has 164 valence electrons. The predicted molar refractivity (Wildman–Crippen MR) is 122 cm³/mol. The minimum absolute atomic E-state index is 0.0358. The van der Waals surface area contributed by atoms with Gasteiger partial charge in [-0.25, -0.2) is 20.0 Å². The van der Waals surface area contributed by atoms with Gasteiger partial charge in [0.05, 0.1) is 5.69 Å². The van der Waals surface area contributed by atoms with E-state index < -0.39 is 17.2 Å². The summed E-state index contributed by atoms with van der Waals surface area (Å²) < 4.78 is 0.0358. The first-order valence-corrected chi connectivity index (χ1v) is 9.80. The monoisotopic (exact) mass is 472 g/mol. The number of anilines is 1. The maximum Gasteiger partial charge on any atom is 0.338 e. The first-order chi connectivity index (χ1) is 15.2. The van der Waals surface area contributed by atoms with Gasteiger partial charge in [-0.1, -0.05) is 29.8 Å². The molecule has 0 bridgehead atoms. The summed E-state index contributed by atoms with van der Waals surface area (Å²) in [5, 5.41) is 20.5. The Hall–Kier alpha value is -3.61. The first-order valence-electron chi connectivity index (χ1n) is 9.02. The van der Waals surface area contributed by atoms with Crippen LogP contribution in [0.1, 0.15) is 21.7 Å². The third-order valence-electron chi connectivity index (χ3n) is 4.11. The first kappa shape index (κ1) is 23.1. The Morgan fingerprint density at radius 2 is 1.94 bits per heavy atom. The zero-order valence-corrected chi connectivity index (χ0v) is 17.9. The number of quaternary nitrogens is 1. The number of nitrogens with two attached hydrogens (primary N) is 1. The number of urea groups is 1. The molecule has 1 unspecified atom stereocenters. The van der Waals surface area contributed by atoms with Crippen molar-refractivity contribution < 1.29 is 20.0 Å². The smallest absolute Gasteiger partial charge is 0.338 e. The van der Waals surface area contributed by atoms with E-state index in [9.17, 15) is 14.8 Å². The number of hydrogen-bond donors (Lipinski definition) is 5. The third kappa shape index (κ3) is 5.97. The molecule has 0 aliphatic heterocycles. The number of nitrogens with zero attached hydrogens (tertiary/aromatic N) is 2. The van der Waals surface area contributed by atoms with Gasteiger partial charge in [0, 0.05) is 22.8 Å². The summed E-state index contributed by atoms with van der Waals surface area (Å²) in [5.41, 5.74) is 9.21. The molecule has 32 heavy (non-hydrogen) atoms. The highest BCUT2D eigenvalue weighted by molar-refractivity contribution is 7.71. The lowest BCUT2D eigenvalue weighted by molar-refractivity contribution is -0.991. The number of rotatable bonds is 5. The van der Waals surface area contributed by atoms with Gasteiger partial charge in [-0.15, -0.1) is 0 Å². The molecule has 2 aromatic carbocycles. The molecule has 3 aromatic rings. The maximum atomic E-state index is 12.7. The summed E-state index contributed by atoms with van der Waals surface area (Å²) in [6, 6.07) is 12.9. The van der Waals surface area contributed by atoms with Crippen LogP contribution in [-0.2, 0) is 0 Å². The van der Waals surface area contributed by atoms with Crippen LogP contribution in [0.5, 0.6) is 0 Å². The second-order valence-electron chi connectivity index (χ2n) is 6.38. The van der Waals surface area contributed by atoms with Crippen molar-refractivity contribution in [2.45, 2.75) is 0 Å². The van der Waals surface area contributed by atoms with E-state index in [1.165, 1.54) is 42.5 Å². The van der Waals surface area contributed by atoms with E-state index in [2.05, 4.69) is 15.4 Å². The van der Waals surface area contributed by atoms with Crippen LogP contribution in [-0.4, -0.2) is 27.1 Å². The zero-order chi connectivity index (χ0) is 23.3. The van der Waals surface area contributed by atoms with Crippen LogP contribution in [0.4, 0.5) is 16.2 Å². The molecule has 1 atom stereocenters. The van der Waals surface area contributed by atoms with Crippen molar-refractivity contribution in [3.63, 3.8) is 0 Å². The van der Waals surface area contributed by atoms with Crippen molar-refractivity contribution in [2.24, 2.45) is 5.73 Å². The minimum atomic E-state index is -1.04. The fourth-order valence-corrected chi connectivity index (χ4v) is 2.98. The van der Waals surface area contributed by atoms with Gasteiger partial charge in [0.1, 0.15) is 5.69 Å². The molecule has 3 rings (SSSR count). The van der Waals surface area contributed by atoms with Gasteiger partial charge < -0.3 is 15.9 Å². The second kappa shape index (κ2) is 10.1. The van der Waals surface area contributed by atoms with Crippen LogP contribution in [0, 0.1) is 9.98 Å². The molecular formula is C20H17ClN6O4S. The van der Waals surface area contributed by atoms with Crippen LogP contribution in [0.3, 0.4) is 0 Å². The van der Waals surface area contributed by atoms with Gasteiger partial charge in [-0.05, 0) is 54.2 Å². The minimum Gasteiger partial charge on any atom is -0.595 e. The largest absolute Gasteiger partial charge is 0.595 e. The van der Waals surface area contributed by atoms with Crippen LogP contribution in [0.15, 0.2) is 54.6 Å². The Kier molecular flexibility index (Phi) is 7.30. The average Bonchev–Trinajstić information content (AvgIpc) is 2.76. The van der Waals surface area contributed by atoms with Crippen molar-refractivity contribution in [1.29, 1.82) is 0 Å². The SMILES string of the molecule is NC(=O)N(NC(=O)c1cc(/C=C/c2cccc([NH+]([O-])O)c2)[nH]c(=S)n1)c1ccc(Cl)cc1. The Balaban J connectivity index is 1.83. The van der Waals surface area contributed by atoms with Crippen molar-refractivity contribution in [3.8, 4) is 0 Å². The van der Waals surface area contributed by atoms with Crippen LogP contribution in [0.25, 0.3) is 12.2 Å². The number of halogens is 1. The standard InChI is InChI=1S/C20H17ClN6O4S/c21-13-5-8-15(9-6-13)26(19(22)29)25-18(28)17-11-14(23-20(32)24-17)7-4-12-2-1-3-16(10-12)27(30)31/h1-11,27,30H,(H2,22,29)(H,25,28)(H,23,24,32)/b7-4+. The Morgan fingerprint density at radius 3 is 2.59 bits per heavy atom. The third-order valence-corrected chi connectivity index (χ3v) is 4.55. The molecule has 1 heterocycles. The highest BCUT2D eigenvalue weighted by Gasteiger charge is 2.18. The Bertz CT molecular complexity index is 1230. The fraction of sp³-hybridized carbons (Fsp3) is 0. The number of nitrogens with one attached hydrogen (secondary N) is 3. The van der Waals surface area contributed by atoms with E-state index in [-0.39, 0.29) is 16.2 Å². The molecular weight excluding hydrogens is 456 g/mol. The summed E-state index contributed by atoms with van der Waals surface area (Å²) in [5.74, 6) is -0.721. The van der Waals surface area contributed by atoms with Crippen molar-refractivity contribution >= 4 is 59.3 Å². The topological polar surface area (TPSA) is 152 Å². The lowest BCUT2D eigenvalue weighted by atomic mass is 10.1. The predicted octanol–water partition coefficient (Wildman–Crippen LogP) is 2.60.